The molecule has 0 aromatic carbocycles. The van der Waals surface area contributed by atoms with E-state index in [0.29, 0.717) is 0 Å². The molecule has 6 heteroatoms. The first-order valence-electron chi connectivity index (χ1n) is 3.91. The first-order chi connectivity index (χ1) is 5.81. The Balaban J connectivity index is 3.59. The third kappa shape index (κ3) is 9.27. The van der Waals surface area contributed by atoms with Crippen LogP contribution in [0.5, 0.6) is 0 Å². The third-order valence-corrected chi connectivity index (χ3v) is 1.59. The van der Waals surface area contributed by atoms with Crippen molar-refractivity contribution in [2.24, 2.45) is 0 Å². The van der Waals surface area contributed by atoms with Crippen LogP contribution in [0.3, 0.4) is 0 Å². The van der Waals surface area contributed by atoms with Gasteiger partial charge < -0.3 is 9.96 Å². The van der Waals surface area contributed by atoms with Gasteiger partial charge in [-0.25, -0.2) is 4.79 Å². The van der Waals surface area contributed by atoms with E-state index in [-0.39, 0.29) is 11.8 Å². The lowest BCUT2D eigenvalue weighted by Gasteiger charge is -2.19. The molecule has 0 aliphatic rings. The Morgan fingerprint density at radius 3 is 2.31 bits per heavy atom. The number of hydrogen-bond acceptors (Lipinski definition) is 4. The van der Waals surface area contributed by atoms with Crippen LogP contribution < -0.4 is 5.23 Å². The molecular weight excluding hydrogens is 189 g/mol. The molecule has 0 aliphatic heterocycles. The Labute approximate surface area is 82.9 Å². The SMILES string of the molecule is CC(=O)SBNC(=O)OC(C)(C)C. The van der Waals surface area contributed by atoms with Crippen LogP contribution in [-0.2, 0) is 9.53 Å². The van der Waals surface area contributed by atoms with Gasteiger partial charge in [0.05, 0.1) is 0 Å². The molecule has 0 atom stereocenters. The summed E-state index contributed by atoms with van der Waals surface area (Å²) in [7, 11) is 0. The standard InChI is InChI=1S/C7H14BNO3S/c1-5(10)13-8-9-6(11)12-7(2,3)4/h8H,1-4H3,(H,9,11). The summed E-state index contributed by atoms with van der Waals surface area (Å²) in [6.07, 6.45) is -0.499. The second-order valence-corrected chi connectivity index (χ2v) is 4.61. The van der Waals surface area contributed by atoms with E-state index in [1.807, 2.05) is 0 Å². The summed E-state index contributed by atoms with van der Waals surface area (Å²) < 4.78 is 4.94. The second kappa shape index (κ2) is 5.16. The van der Waals surface area contributed by atoms with Gasteiger partial charge in [0.15, 0.2) is 5.12 Å². The molecule has 0 fully saturated rings. The molecule has 13 heavy (non-hydrogen) atoms. The van der Waals surface area contributed by atoms with E-state index < -0.39 is 11.7 Å². The van der Waals surface area contributed by atoms with Crippen LogP contribution >= 0.6 is 11.6 Å². The Morgan fingerprint density at radius 2 is 1.92 bits per heavy atom. The molecule has 74 valence electrons. The molecular formula is C7H14BNO3S. The molecule has 0 bridgehead atoms. The summed E-state index contributed by atoms with van der Waals surface area (Å²) in [5.74, 6) is 0. The fraction of sp³-hybridized carbons (Fsp3) is 0.714. The highest BCUT2D eigenvalue weighted by molar-refractivity contribution is 8.33. The number of nitrogens with one attached hydrogen (secondary N) is 1. The number of ether oxygens (including phenoxy) is 1. The van der Waals surface area contributed by atoms with Crippen LogP contribution in [0.1, 0.15) is 27.7 Å². The number of carbonyl (C=O) groups is 2. The van der Waals surface area contributed by atoms with Crippen molar-refractivity contribution < 1.29 is 14.3 Å². The quantitative estimate of drug-likeness (QED) is 0.681. The predicted octanol–water partition coefficient (Wildman–Crippen LogP) is 1.06. The molecule has 0 spiro atoms. The van der Waals surface area contributed by atoms with Crippen molar-refractivity contribution in [3.8, 4) is 0 Å². The highest BCUT2D eigenvalue weighted by Crippen LogP contribution is 2.06. The minimum atomic E-state index is -0.499. The van der Waals surface area contributed by atoms with Crippen LogP contribution in [0, 0.1) is 0 Å². The molecule has 0 saturated carbocycles. The van der Waals surface area contributed by atoms with Gasteiger partial charge in [-0.2, -0.15) is 0 Å². The summed E-state index contributed by atoms with van der Waals surface area (Å²) in [6.45, 7) is 7.05. The molecule has 0 aromatic rings. The molecule has 1 amide bonds. The molecule has 0 rings (SSSR count). The monoisotopic (exact) mass is 203 g/mol. The summed E-state index contributed by atoms with van der Waals surface area (Å²) >= 11 is 1.03. The van der Waals surface area contributed by atoms with E-state index >= 15 is 0 Å². The average Bonchev–Trinajstić information content (AvgIpc) is 1.81. The fourth-order valence-corrected chi connectivity index (χ4v) is 0.904. The van der Waals surface area contributed by atoms with Crippen LogP contribution in [0.2, 0.25) is 0 Å². The van der Waals surface area contributed by atoms with E-state index in [9.17, 15) is 9.59 Å². The molecule has 0 heterocycles. The van der Waals surface area contributed by atoms with Crippen LogP contribution in [-0.4, -0.2) is 23.5 Å². The normalized spacial score (nSPS) is 10.5. The van der Waals surface area contributed by atoms with Crippen molar-refractivity contribution in [3.63, 3.8) is 0 Å². The van der Waals surface area contributed by atoms with Crippen LogP contribution in [0.4, 0.5) is 4.79 Å². The van der Waals surface area contributed by atoms with Crippen molar-refractivity contribution in [1.82, 2.24) is 5.23 Å². The van der Waals surface area contributed by atoms with Crippen molar-refractivity contribution >= 4 is 29.5 Å². The first kappa shape index (κ1) is 12.4. The number of hydrogen-bond donors (Lipinski definition) is 1. The van der Waals surface area contributed by atoms with Crippen molar-refractivity contribution in [3.05, 3.63) is 0 Å². The topological polar surface area (TPSA) is 55.4 Å². The molecule has 1 N–H and O–H groups in total. The highest BCUT2D eigenvalue weighted by atomic mass is 32.2. The van der Waals surface area contributed by atoms with Crippen LogP contribution in [0.25, 0.3) is 0 Å². The summed E-state index contributed by atoms with van der Waals surface area (Å²) in [5.41, 5.74) is -0.495. The summed E-state index contributed by atoms with van der Waals surface area (Å²) in [5, 5.41) is 2.42. The minimum Gasteiger partial charge on any atom is -0.445 e. The maximum atomic E-state index is 11.0. The van der Waals surface area contributed by atoms with E-state index in [4.69, 9.17) is 4.74 Å². The van der Waals surface area contributed by atoms with E-state index in [1.165, 1.54) is 6.92 Å². The Hall–Kier alpha value is -0.645. The smallest absolute Gasteiger partial charge is 0.395 e. The molecule has 0 aromatic heterocycles. The van der Waals surface area contributed by atoms with Gasteiger partial charge in [-0.15, -0.1) is 11.6 Å². The molecule has 4 nitrogen and oxygen atoms in total. The second-order valence-electron chi connectivity index (χ2n) is 3.46. The lowest BCUT2D eigenvalue weighted by Crippen LogP contribution is -2.33. The Morgan fingerprint density at radius 1 is 1.38 bits per heavy atom. The maximum absolute atomic E-state index is 11.0. The van der Waals surface area contributed by atoms with Gasteiger partial charge >= 0.3 is 12.8 Å². The van der Waals surface area contributed by atoms with Gasteiger partial charge in [-0.05, 0) is 20.8 Å². The minimum absolute atomic E-state index is 0.0314. The van der Waals surface area contributed by atoms with Gasteiger partial charge in [-0.1, -0.05) is 0 Å². The zero-order valence-corrected chi connectivity index (χ0v) is 9.16. The summed E-state index contributed by atoms with van der Waals surface area (Å²) in [6, 6.07) is 0. The van der Waals surface area contributed by atoms with Crippen molar-refractivity contribution in [1.29, 1.82) is 0 Å². The number of rotatable bonds is 2. The lowest BCUT2D eigenvalue weighted by atomic mass is 10.2. The maximum Gasteiger partial charge on any atom is 0.395 e. The van der Waals surface area contributed by atoms with Gasteiger partial charge in [0, 0.05) is 6.92 Å². The third-order valence-electron chi connectivity index (χ3n) is 0.891. The summed E-state index contributed by atoms with van der Waals surface area (Å²) in [4.78, 5) is 21.5. The van der Waals surface area contributed by atoms with Gasteiger partial charge in [0.25, 0.3) is 0 Å². The Kier molecular flexibility index (Phi) is 4.91. The molecule has 0 saturated heterocycles. The first-order valence-corrected chi connectivity index (χ1v) is 4.90. The zero-order valence-electron chi connectivity index (χ0n) is 8.34. The van der Waals surface area contributed by atoms with Crippen LogP contribution in [0.15, 0.2) is 0 Å². The van der Waals surface area contributed by atoms with Crippen molar-refractivity contribution in [2.75, 3.05) is 0 Å². The largest absolute Gasteiger partial charge is 0.445 e. The van der Waals surface area contributed by atoms with E-state index in [0.717, 1.165) is 11.6 Å². The van der Waals surface area contributed by atoms with Gasteiger partial charge in [-0.3, -0.25) is 4.79 Å². The van der Waals surface area contributed by atoms with E-state index in [2.05, 4.69) is 5.23 Å². The van der Waals surface area contributed by atoms with E-state index in [1.54, 1.807) is 20.8 Å². The van der Waals surface area contributed by atoms with Gasteiger partial charge in [0.1, 0.15) is 5.60 Å². The van der Waals surface area contributed by atoms with Gasteiger partial charge in [0.2, 0.25) is 0 Å². The molecule has 0 aliphatic carbocycles. The Bertz CT molecular complexity index is 202. The number of carbonyl (C=O) groups excluding carboxylic acids is 2. The lowest BCUT2D eigenvalue weighted by molar-refractivity contribution is -0.109. The predicted molar refractivity (Wildman–Crippen MR) is 54.8 cm³/mol. The molecule has 0 unspecified atom stereocenters. The highest BCUT2D eigenvalue weighted by Gasteiger charge is 2.15. The van der Waals surface area contributed by atoms with Crippen molar-refractivity contribution in [2.45, 2.75) is 33.3 Å². The fourth-order valence-electron chi connectivity index (χ4n) is 0.511. The number of amides is 1. The average molecular weight is 203 g/mol. The molecule has 0 radical (unpaired) electrons. The zero-order chi connectivity index (χ0) is 10.5.